The fourth-order valence-corrected chi connectivity index (χ4v) is 2.59. The van der Waals surface area contributed by atoms with Gasteiger partial charge in [-0.1, -0.05) is 31.9 Å². The van der Waals surface area contributed by atoms with Crippen molar-refractivity contribution in [1.82, 2.24) is 5.32 Å². The van der Waals surface area contributed by atoms with Crippen LogP contribution in [0.4, 0.5) is 0 Å². The highest BCUT2D eigenvalue weighted by Gasteiger charge is 2.15. The molecule has 0 saturated carbocycles. The minimum Gasteiger partial charge on any atom is -0.493 e. The monoisotopic (exact) mass is 247 g/mol. The third-order valence-electron chi connectivity index (χ3n) is 3.74. The number of hydrogen-bond acceptors (Lipinski definition) is 2. The van der Waals surface area contributed by atoms with Gasteiger partial charge < -0.3 is 10.1 Å². The molecule has 2 atom stereocenters. The van der Waals surface area contributed by atoms with Gasteiger partial charge in [-0.2, -0.15) is 0 Å². The maximum Gasteiger partial charge on any atom is 0.122 e. The molecule has 0 bridgehead atoms. The van der Waals surface area contributed by atoms with Crippen LogP contribution in [0.3, 0.4) is 0 Å². The van der Waals surface area contributed by atoms with E-state index in [-0.39, 0.29) is 0 Å². The minimum absolute atomic E-state index is 0.419. The maximum atomic E-state index is 5.55. The van der Waals surface area contributed by atoms with Crippen LogP contribution in [-0.4, -0.2) is 12.6 Å². The van der Waals surface area contributed by atoms with E-state index >= 15 is 0 Å². The molecule has 0 fully saturated rings. The summed E-state index contributed by atoms with van der Waals surface area (Å²) in [7, 11) is 0. The number of rotatable bonds is 6. The number of unbranched alkanes of at least 4 members (excludes halogenated alkanes) is 1. The second-order valence-corrected chi connectivity index (χ2v) is 5.40. The lowest BCUT2D eigenvalue weighted by atomic mass is 10.0. The molecular weight excluding hydrogens is 222 g/mol. The first-order chi connectivity index (χ1) is 8.70. The molecule has 0 spiro atoms. The second kappa shape index (κ2) is 6.24. The van der Waals surface area contributed by atoms with E-state index < -0.39 is 0 Å². The van der Waals surface area contributed by atoms with Crippen LogP contribution in [-0.2, 0) is 6.42 Å². The molecule has 0 aromatic heterocycles. The van der Waals surface area contributed by atoms with Crippen molar-refractivity contribution in [3.05, 3.63) is 29.3 Å². The van der Waals surface area contributed by atoms with Crippen LogP contribution >= 0.6 is 0 Å². The Morgan fingerprint density at radius 3 is 2.94 bits per heavy atom. The normalized spacial score (nSPS) is 17.1. The van der Waals surface area contributed by atoms with Crippen molar-refractivity contribution in [3.63, 3.8) is 0 Å². The van der Waals surface area contributed by atoms with Gasteiger partial charge in [0.1, 0.15) is 5.75 Å². The van der Waals surface area contributed by atoms with E-state index in [1.165, 1.54) is 30.4 Å². The molecule has 1 aromatic rings. The summed E-state index contributed by atoms with van der Waals surface area (Å²) in [4.78, 5) is 0. The summed E-state index contributed by atoms with van der Waals surface area (Å²) in [5.41, 5.74) is 2.74. The molecule has 1 aliphatic rings. The number of ether oxygens (including phenoxy) is 1. The van der Waals surface area contributed by atoms with Crippen LogP contribution < -0.4 is 10.1 Å². The highest BCUT2D eigenvalue weighted by atomic mass is 16.5. The van der Waals surface area contributed by atoms with E-state index in [2.05, 4.69) is 44.3 Å². The molecule has 0 aliphatic carbocycles. The van der Waals surface area contributed by atoms with Crippen LogP contribution in [0.1, 0.15) is 57.2 Å². The van der Waals surface area contributed by atoms with Gasteiger partial charge in [0, 0.05) is 18.5 Å². The Hall–Kier alpha value is -1.02. The van der Waals surface area contributed by atoms with Gasteiger partial charge in [-0.15, -0.1) is 0 Å². The predicted molar refractivity (Wildman–Crippen MR) is 76.2 cm³/mol. The van der Waals surface area contributed by atoms with Crippen molar-refractivity contribution in [2.75, 3.05) is 6.61 Å². The molecular formula is C16H25NO. The van der Waals surface area contributed by atoms with E-state index in [0.29, 0.717) is 12.1 Å². The first kappa shape index (κ1) is 13.4. The van der Waals surface area contributed by atoms with Crippen LogP contribution in [0.2, 0.25) is 0 Å². The summed E-state index contributed by atoms with van der Waals surface area (Å²) in [5.74, 6) is 1.07. The quantitative estimate of drug-likeness (QED) is 0.824. The zero-order chi connectivity index (χ0) is 13.0. The Bertz CT molecular complexity index is 389. The van der Waals surface area contributed by atoms with E-state index in [0.717, 1.165) is 18.8 Å². The standard InChI is InChI=1S/C16H25NO/c1-4-5-6-12(2)17-13(3)14-7-8-16-15(11-14)9-10-18-16/h7-8,11-13,17H,4-6,9-10H2,1-3H3. The molecule has 18 heavy (non-hydrogen) atoms. The average Bonchev–Trinajstić information content (AvgIpc) is 2.83. The van der Waals surface area contributed by atoms with E-state index in [1.54, 1.807) is 0 Å². The average molecular weight is 247 g/mol. The van der Waals surface area contributed by atoms with Gasteiger partial charge in [-0.3, -0.25) is 0 Å². The minimum atomic E-state index is 0.419. The molecule has 1 heterocycles. The maximum absolute atomic E-state index is 5.55. The van der Waals surface area contributed by atoms with E-state index in [4.69, 9.17) is 4.74 Å². The summed E-state index contributed by atoms with van der Waals surface area (Å²) in [6.45, 7) is 7.62. The lowest BCUT2D eigenvalue weighted by Gasteiger charge is -2.20. The summed E-state index contributed by atoms with van der Waals surface area (Å²) in [5, 5.41) is 3.68. The summed E-state index contributed by atoms with van der Waals surface area (Å²) in [6.07, 6.45) is 4.89. The van der Waals surface area contributed by atoms with E-state index in [1.807, 2.05) is 0 Å². The van der Waals surface area contributed by atoms with E-state index in [9.17, 15) is 0 Å². The number of hydrogen-bond donors (Lipinski definition) is 1. The van der Waals surface area contributed by atoms with Gasteiger partial charge in [-0.25, -0.2) is 0 Å². The van der Waals surface area contributed by atoms with Crippen molar-refractivity contribution in [3.8, 4) is 5.75 Å². The van der Waals surface area contributed by atoms with Crippen molar-refractivity contribution < 1.29 is 4.74 Å². The molecule has 0 radical (unpaired) electrons. The Balaban J connectivity index is 1.94. The van der Waals surface area contributed by atoms with Crippen molar-refractivity contribution >= 4 is 0 Å². The molecule has 100 valence electrons. The predicted octanol–water partition coefficient (Wildman–Crippen LogP) is 3.85. The van der Waals surface area contributed by atoms with Gasteiger partial charge in [0.15, 0.2) is 0 Å². The zero-order valence-electron chi connectivity index (χ0n) is 11.8. The van der Waals surface area contributed by atoms with Gasteiger partial charge in [0.25, 0.3) is 0 Å². The molecule has 1 aliphatic heterocycles. The van der Waals surface area contributed by atoms with Gasteiger partial charge in [0.05, 0.1) is 6.61 Å². The largest absolute Gasteiger partial charge is 0.493 e. The Morgan fingerprint density at radius 2 is 2.17 bits per heavy atom. The summed E-state index contributed by atoms with van der Waals surface area (Å²) in [6, 6.07) is 7.61. The zero-order valence-corrected chi connectivity index (χ0v) is 11.8. The highest BCUT2D eigenvalue weighted by molar-refractivity contribution is 5.40. The SMILES string of the molecule is CCCCC(C)NC(C)c1ccc2c(c1)CCO2. The summed E-state index contributed by atoms with van der Waals surface area (Å²) < 4.78 is 5.55. The smallest absolute Gasteiger partial charge is 0.122 e. The molecule has 2 rings (SSSR count). The van der Waals surface area contributed by atoms with Crippen molar-refractivity contribution in [2.45, 2.75) is 58.5 Å². The Labute approximate surface area is 111 Å². The Kier molecular flexibility index (Phi) is 4.65. The molecule has 2 heteroatoms. The van der Waals surface area contributed by atoms with Crippen LogP contribution in [0.5, 0.6) is 5.75 Å². The summed E-state index contributed by atoms with van der Waals surface area (Å²) >= 11 is 0. The third kappa shape index (κ3) is 3.26. The first-order valence-electron chi connectivity index (χ1n) is 7.22. The van der Waals surface area contributed by atoms with Crippen LogP contribution in [0, 0.1) is 0 Å². The van der Waals surface area contributed by atoms with Crippen LogP contribution in [0.25, 0.3) is 0 Å². The highest BCUT2D eigenvalue weighted by Crippen LogP contribution is 2.28. The third-order valence-corrected chi connectivity index (χ3v) is 3.74. The van der Waals surface area contributed by atoms with Gasteiger partial charge in [0.2, 0.25) is 0 Å². The lowest BCUT2D eigenvalue weighted by Crippen LogP contribution is -2.28. The topological polar surface area (TPSA) is 21.3 Å². The van der Waals surface area contributed by atoms with Crippen molar-refractivity contribution in [1.29, 1.82) is 0 Å². The van der Waals surface area contributed by atoms with Crippen molar-refractivity contribution in [2.24, 2.45) is 0 Å². The van der Waals surface area contributed by atoms with Gasteiger partial charge >= 0.3 is 0 Å². The van der Waals surface area contributed by atoms with Crippen LogP contribution in [0.15, 0.2) is 18.2 Å². The lowest BCUT2D eigenvalue weighted by molar-refractivity contribution is 0.356. The number of benzene rings is 1. The molecule has 2 nitrogen and oxygen atoms in total. The fraction of sp³-hybridized carbons (Fsp3) is 0.625. The molecule has 1 aromatic carbocycles. The number of nitrogens with one attached hydrogen (secondary N) is 1. The molecule has 0 amide bonds. The fourth-order valence-electron chi connectivity index (χ4n) is 2.59. The molecule has 1 N–H and O–H groups in total. The number of fused-ring (bicyclic) bond motifs is 1. The second-order valence-electron chi connectivity index (χ2n) is 5.40. The molecule has 0 saturated heterocycles. The Morgan fingerprint density at radius 1 is 1.33 bits per heavy atom. The van der Waals surface area contributed by atoms with Gasteiger partial charge in [-0.05, 0) is 37.5 Å². The first-order valence-corrected chi connectivity index (χ1v) is 7.22. The molecule has 2 unspecified atom stereocenters.